The zero-order valence-electron chi connectivity index (χ0n) is 10.9. The molecule has 0 aromatic heterocycles. The first-order chi connectivity index (χ1) is 8.26. The van der Waals surface area contributed by atoms with Crippen LogP contribution in [0.1, 0.15) is 44.6 Å². The second kappa shape index (κ2) is 7.88. The van der Waals surface area contributed by atoms with Gasteiger partial charge >= 0.3 is 0 Å². The van der Waals surface area contributed by atoms with Crippen molar-refractivity contribution < 1.29 is 9.53 Å². The molecule has 1 aromatic rings. The van der Waals surface area contributed by atoms with Crippen molar-refractivity contribution in [2.75, 3.05) is 7.11 Å². The number of methoxy groups -OCH3 is 1. The fourth-order valence-corrected chi connectivity index (χ4v) is 1.77. The number of ether oxygens (including phenoxy) is 1. The molecule has 1 aromatic carbocycles. The predicted octanol–water partition coefficient (Wildman–Crippen LogP) is 3.78. The van der Waals surface area contributed by atoms with Crippen LogP contribution in [0.15, 0.2) is 24.3 Å². The summed E-state index contributed by atoms with van der Waals surface area (Å²) < 4.78 is 5.09. The quantitative estimate of drug-likeness (QED) is 0.640. The molecule has 2 nitrogen and oxygen atoms in total. The number of benzene rings is 1. The molecule has 0 aliphatic carbocycles. The van der Waals surface area contributed by atoms with E-state index in [1.165, 1.54) is 12.0 Å². The van der Waals surface area contributed by atoms with Crippen molar-refractivity contribution in [1.82, 2.24) is 0 Å². The maximum Gasteiger partial charge on any atom is 0.133 e. The smallest absolute Gasteiger partial charge is 0.133 e. The second-order valence-electron chi connectivity index (χ2n) is 4.34. The highest BCUT2D eigenvalue weighted by atomic mass is 16.5. The fraction of sp³-hybridized carbons (Fsp3) is 0.533. The lowest BCUT2D eigenvalue weighted by molar-refractivity contribution is -0.119. The van der Waals surface area contributed by atoms with Gasteiger partial charge in [-0.1, -0.05) is 31.9 Å². The Morgan fingerprint density at radius 2 is 1.82 bits per heavy atom. The van der Waals surface area contributed by atoms with Crippen LogP contribution in [0.2, 0.25) is 0 Å². The number of ketones is 1. The van der Waals surface area contributed by atoms with Gasteiger partial charge in [0.25, 0.3) is 0 Å². The zero-order valence-corrected chi connectivity index (χ0v) is 10.9. The van der Waals surface area contributed by atoms with Gasteiger partial charge in [-0.3, -0.25) is 4.79 Å². The lowest BCUT2D eigenvalue weighted by Gasteiger charge is -2.03. The van der Waals surface area contributed by atoms with Crippen LogP contribution in [-0.4, -0.2) is 12.9 Å². The van der Waals surface area contributed by atoms with Gasteiger partial charge < -0.3 is 4.74 Å². The van der Waals surface area contributed by atoms with E-state index in [0.717, 1.165) is 31.4 Å². The van der Waals surface area contributed by atoms with Gasteiger partial charge in [0.2, 0.25) is 0 Å². The minimum absolute atomic E-state index is 0.384. The number of hydrogen-bond donors (Lipinski definition) is 0. The molecule has 94 valence electrons. The predicted molar refractivity (Wildman–Crippen MR) is 70.5 cm³/mol. The number of unbranched alkanes of at least 4 members (excludes halogenated alkanes) is 2. The van der Waals surface area contributed by atoms with E-state index in [-0.39, 0.29) is 0 Å². The summed E-state index contributed by atoms with van der Waals surface area (Å²) in [6.45, 7) is 2.15. The number of hydrogen-bond acceptors (Lipinski definition) is 2. The summed E-state index contributed by atoms with van der Waals surface area (Å²) in [5, 5.41) is 0. The Hall–Kier alpha value is -1.31. The molecule has 0 unspecified atom stereocenters. The van der Waals surface area contributed by atoms with Crippen molar-refractivity contribution >= 4 is 5.78 Å². The number of carbonyl (C=O) groups excluding carboxylic acids is 1. The molecule has 0 aliphatic heterocycles. The SMILES string of the molecule is CCCCCC(=O)CCc1ccc(OC)cc1. The highest BCUT2D eigenvalue weighted by molar-refractivity contribution is 5.78. The Kier molecular flexibility index (Phi) is 6.38. The Morgan fingerprint density at radius 1 is 1.12 bits per heavy atom. The van der Waals surface area contributed by atoms with Gasteiger partial charge in [-0.25, -0.2) is 0 Å². The molecule has 0 bridgehead atoms. The normalized spacial score (nSPS) is 10.2. The van der Waals surface area contributed by atoms with Crippen LogP contribution in [0.25, 0.3) is 0 Å². The van der Waals surface area contributed by atoms with Gasteiger partial charge in [-0.05, 0) is 30.5 Å². The minimum Gasteiger partial charge on any atom is -0.497 e. The molecule has 0 N–H and O–H groups in total. The Bertz CT molecular complexity index is 327. The molecule has 0 saturated heterocycles. The fourth-order valence-electron chi connectivity index (χ4n) is 1.77. The summed E-state index contributed by atoms with van der Waals surface area (Å²) in [5.41, 5.74) is 1.20. The van der Waals surface area contributed by atoms with Crippen LogP contribution in [0.3, 0.4) is 0 Å². The first-order valence-corrected chi connectivity index (χ1v) is 6.41. The van der Waals surface area contributed by atoms with Gasteiger partial charge in [-0.15, -0.1) is 0 Å². The molecule has 0 aliphatic rings. The van der Waals surface area contributed by atoms with Crippen LogP contribution in [0.4, 0.5) is 0 Å². The van der Waals surface area contributed by atoms with E-state index >= 15 is 0 Å². The number of carbonyl (C=O) groups is 1. The third-order valence-electron chi connectivity index (χ3n) is 2.91. The summed E-state index contributed by atoms with van der Waals surface area (Å²) in [6, 6.07) is 7.93. The van der Waals surface area contributed by atoms with E-state index in [2.05, 4.69) is 6.92 Å². The number of Topliss-reactive ketones (excluding diaryl/α,β-unsaturated/α-hetero) is 1. The van der Waals surface area contributed by atoms with Crippen molar-refractivity contribution in [2.45, 2.75) is 45.4 Å². The third kappa shape index (κ3) is 5.53. The van der Waals surface area contributed by atoms with E-state index in [4.69, 9.17) is 4.74 Å². The van der Waals surface area contributed by atoms with Gasteiger partial charge in [-0.2, -0.15) is 0 Å². The van der Waals surface area contributed by atoms with E-state index in [9.17, 15) is 4.79 Å². The topological polar surface area (TPSA) is 26.3 Å². The van der Waals surface area contributed by atoms with E-state index < -0.39 is 0 Å². The first-order valence-electron chi connectivity index (χ1n) is 6.41. The summed E-state index contributed by atoms with van der Waals surface area (Å²) in [6.07, 6.45) is 5.62. The van der Waals surface area contributed by atoms with E-state index in [0.29, 0.717) is 12.2 Å². The first kappa shape index (κ1) is 13.8. The molecule has 0 saturated carbocycles. The summed E-state index contributed by atoms with van der Waals surface area (Å²) in [5.74, 6) is 1.25. The minimum atomic E-state index is 0.384. The molecular formula is C15H22O2. The maximum absolute atomic E-state index is 11.6. The standard InChI is InChI=1S/C15H22O2/c1-3-4-5-6-14(16)10-7-13-8-11-15(17-2)12-9-13/h8-9,11-12H,3-7,10H2,1-2H3. The molecule has 0 spiro atoms. The highest BCUT2D eigenvalue weighted by Gasteiger charge is 2.02. The highest BCUT2D eigenvalue weighted by Crippen LogP contribution is 2.13. The third-order valence-corrected chi connectivity index (χ3v) is 2.91. The number of rotatable bonds is 8. The Labute approximate surface area is 104 Å². The van der Waals surface area contributed by atoms with E-state index in [1.807, 2.05) is 24.3 Å². The van der Waals surface area contributed by atoms with Crippen LogP contribution < -0.4 is 4.74 Å². The monoisotopic (exact) mass is 234 g/mol. The Morgan fingerprint density at radius 3 is 2.41 bits per heavy atom. The van der Waals surface area contributed by atoms with Crippen LogP contribution in [-0.2, 0) is 11.2 Å². The molecule has 0 radical (unpaired) electrons. The van der Waals surface area contributed by atoms with E-state index in [1.54, 1.807) is 7.11 Å². The van der Waals surface area contributed by atoms with Crippen LogP contribution >= 0.6 is 0 Å². The molecule has 0 fully saturated rings. The average Bonchev–Trinajstić information content (AvgIpc) is 2.37. The lowest BCUT2D eigenvalue weighted by Crippen LogP contribution is -2.00. The molecular weight excluding hydrogens is 212 g/mol. The zero-order chi connectivity index (χ0) is 12.5. The summed E-state index contributed by atoms with van der Waals surface area (Å²) in [7, 11) is 1.66. The van der Waals surface area contributed by atoms with Crippen molar-refractivity contribution in [3.63, 3.8) is 0 Å². The van der Waals surface area contributed by atoms with Crippen molar-refractivity contribution in [2.24, 2.45) is 0 Å². The second-order valence-corrected chi connectivity index (χ2v) is 4.34. The average molecular weight is 234 g/mol. The molecule has 0 amide bonds. The molecule has 2 heteroatoms. The van der Waals surface area contributed by atoms with Gasteiger partial charge in [0.1, 0.15) is 11.5 Å². The van der Waals surface area contributed by atoms with Gasteiger partial charge in [0, 0.05) is 12.8 Å². The van der Waals surface area contributed by atoms with Crippen molar-refractivity contribution in [3.05, 3.63) is 29.8 Å². The van der Waals surface area contributed by atoms with Crippen LogP contribution in [0, 0.1) is 0 Å². The maximum atomic E-state index is 11.6. The largest absolute Gasteiger partial charge is 0.497 e. The lowest BCUT2D eigenvalue weighted by atomic mass is 10.0. The number of aryl methyl sites for hydroxylation is 1. The molecule has 0 atom stereocenters. The van der Waals surface area contributed by atoms with Crippen LogP contribution in [0.5, 0.6) is 5.75 Å². The van der Waals surface area contributed by atoms with Crippen molar-refractivity contribution in [3.8, 4) is 5.75 Å². The van der Waals surface area contributed by atoms with Gasteiger partial charge in [0.15, 0.2) is 0 Å². The molecule has 0 heterocycles. The van der Waals surface area contributed by atoms with Gasteiger partial charge in [0.05, 0.1) is 7.11 Å². The van der Waals surface area contributed by atoms with Crippen molar-refractivity contribution in [1.29, 1.82) is 0 Å². The molecule has 17 heavy (non-hydrogen) atoms. The Balaban J connectivity index is 2.27. The summed E-state index contributed by atoms with van der Waals surface area (Å²) in [4.78, 5) is 11.6. The summed E-state index contributed by atoms with van der Waals surface area (Å²) >= 11 is 0. The molecule has 1 rings (SSSR count).